The highest BCUT2D eigenvalue weighted by atomic mass is 127. The lowest BCUT2D eigenvalue weighted by Gasteiger charge is -2.36. The van der Waals surface area contributed by atoms with Gasteiger partial charge in [-0.05, 0) is 59.0 Å². The number of anilines is 1. The van der Waals surface area contributed by atoms with E-state index in [1.807, 2.05) is 24.3 Å². The molecule has 0 aliphatic carbocycles. The average Bonchev–Trinajstić information content (AvgIpc) is 2.67. The molecule has 8 heteroatoms. The minimum Gasteiger partial charge on any atom is -0.484 e. The van der Waals surface area contributed by atoms with Crippen LogP contribution in [0.5, 0.6) is 5.75 Å². The maximum Gasteiger partial charge on any atom is 0.269 e. The van der Waals surface area contributed by atoms with Crippen molar-refractivity contribution < 1.29 is 14.5 Å². The number of carbonyl (C=O) groups excluding carboxylic acids is 1. The number of non-ortho nitro benzene ring substituents is 1. The van der Waals surface area contributed by atoms with Crippen molar-refractivity contribution in [1.29, 1.82) is 0 Å². The SMILES string of the molecule is O=C(COc1ccc(I)cc1)N1CCN(c2ccc([N+](=O)[O-])cc2)CC1. The van der Waals surface area contributed by atoms with Crippen LogP contribution in [0.4, 0.5) is 11.4 Å². The van der Waals surface area contributed by atoms with Gasteiger partial charge >= 0.3 is 0 Å². The Morgan fingerprint density at radius 2 is 1.65 bits per heavy atom. The number of nitrogens with zero attached hydrogens (tertiary/aromatic N) is 3. The van der Waals surface area contributed by atoms with Gasteiger partial charge in [0.2, 0.25) is 0 Å². The van der Waals surface area contributed by atoms with Gasteiger partial charge in [-0.3, -0.25) is 14.9 Å². The number of piperazine rings is 1. The molecule has 0 unspecified atom stereocenters. The maximum atomic E-state index is 12.3. The van der Waals surface area contributed by atoms with Crippen molar-refractivity contribution in [3.8, 4) is 5.75 Å². The zero-order chi connectivity index (χ0) is 18.5. The van der Waals surface area contributed by atoms with E-state index in [1.165, 1.54) is 12.1 Å². The number of amides is 1. The largest absolute Gasteiger partial charge is 0.484 e. The zero-order valence-corrected chi connectivity index (χ0v) is 16.2. The normalized spacial score (nSPS) is 14.2. The Balaban J connectivity index is 1.48. The molecule has 1 saturated heterocycles. The van der Waals surface area contributed by atoms with Gasteiger partial charge in [-0.15, -0.1) is 0 Å². The molecule has 0 bridgehead atoms. The van der Waals surface area contributed by atoms with Crippen LogP contribution in [-0.2, 0) is 4.79 Å². The standard InChI is InChI=1S/C18H18IN3O4/c19-14-1-7-17(8-2-14)26-13-18(23)21-11-9-20(10-12-21)15-3-5-16(6-4-15)22(24)25/h1-8H,9-13H2. The summed E-state index contributed by atoms with van der Waals surface area (Å²) in [4.78, 5) is 26.5. The van der Waals surface area contributed by atoms with Crippen molar-refractivity contribution >= 4 is 39.9 Å². The van der Waals surface area contributed by atoms with E-state index in [9.17, 15) is 14.9 Å². The quantitative estimate of drug-likeness (QED) is 0.384. The summed E-state index contributed by atoms with van der Waals surface area (Å²) >= 11 is 2.22. The fourth-order valence-electron chi connectivity index (χ4n) is 2.77. The number of nitro groups is 1. The molecule has 0 saturated carbocycles. The molecule has 1 aliphatic heterocycles. The summed E-state index contributed by atoms with van der Waals surface area (Å²) in [7, 11) is 0. The van der Waals surface area contributed by atoms with Crippen LogP contribution >= 0.6 is 22.6 Å². The number of rotatable bonds is 5. The van der Waals surface area contributed by atoms with Crippen molar-refractivity contribution in [3.05, 3.63) is 62.2 Å². The number of halogens is 1. The van der Waals surface area contributed by atoms with Crippen LogP contribution < -0.4 is 9.64 Å². The van der Waals surface area contributed by atoms with Crippen molar-refractivity contribution in [1.82, 2.24) is 4.90 Å². The molecule has 1 aliphatic rings. The predicted octanol–water partition coefficient (Wildman–Crippen LogP) is 2.93. The van der Waals surface area contributed by atoms with Crippen LogP contribution in [0, 0.1) is 13.7 Å². The van der Waals surface area contributed by atoms with Gasteiger partial charge in [0.15, 0.2) is 6.61 Å². The van der Waals surface area contributed by atoms with E-state index < -0.39 is 4.92 Å². The minimum atomic E-state index is -0.409. The fourth-order valence-corrected chi connectivity index (χ4v) is 3.13. The first-order chi connectivity index (χ1) is 12.5. The van der Waals surface area contributed by atoms with Crippen LogP contribution in [0.3, 0.4) is 0 Å². The molecule has 26 heavy (non-hydrogen) atoms. The second-order valence-electron chi connectivity index (χ2n) is 5.88. The third-order valence-electron chi connectivity index (χ3n) is 4.23. The number of ether oxygens (including phenoxy) is 1. The lowest BCUT2D eigenvalue weighted by molar-refractivity contribution is -0.384. The van der Waals surface area contributed by atoms with Gasteiger partial charge in [0.1, 0.15) is 5.75 Å². The second kappa shape index (κ2) is 8.35. The van der Waals surface area contributed by atoms with E-state index in [0.717, 1.165) is 9.26 Å². The van der Waals surface area contributed by atoms with Crippen LogP contribution in [-0.4, -0.2) is 48.5 Å². The molecule has 136 valence electrons. The van der Waals surface area contributed by atoms with Crippen molar-refractivity contribution in [2.24, 2.45) is 0 Å². The highest BCUT2D eigenvalue weighted by Crippen LogP contribution is 2.21. The minimum absolute atomic E-state index is 0.0259. The van der Waals surface area contributed by atoms with Crippen LogP contribution in [0.15, 0.2) is 48.5 Å². The number of benzene rings is 2. The molecule has 0 radical (unpaired) electrons. The predicted molar refractivity (Wildman–Crippen MR) is 107 cm³/mol. The van der Waals surface area contributed by atoms with Crippen molar-refractivity contribution in [2.45, 2.75) is 0 Å². The first kappa shape index (κ1) is 18.4. The Hall–Kier alpha value is -2.36. The van der Waals surface area contributed by atoms with E-state index in [1.54, 1.807) is 17.0 Å². The third kappa shape index (κ3) is 4.63. The summed E-state index contributed by atoms with van der Waals surface area (Å²) in [6.45, 7) is 2.61. The number of carbonyl (C=O) groups is 1. The van der Waals surface area contributed by atoms with Gasteiger partial charge < -0.3 is 14.5 Å². The van der Waals surface area contributed by atoms with Crippen molar-refractivity contribution in [3.63, 3.8) is 0 Å². The monoisotopic (exact) mass is 467 g/mol. The Bertz CT molecular complexity index is 772. The smallest absolute Gasteiger partial charge is 0.269 e. The zero-order valence-electron chi connectivity index (χ0n) is 14.0. The Morgan fingerprint density at radius 3 is 2.23 bits per heavy atom. The Labute approximate surface area is 164 Å². The summed E-state index contributed by atoms with van der Waals surface area (Å²) in [6, 6.07) is 14.1. The molecule has 0 spiro atoms. The Kier molecular flexibility index (Phi) is 5.92. The molecule has 3 rings (SSSR count). The molecule has 1 heterocycles. The van der Waals surface area contributed by atoms with Gasteiger partial charge in [0, 0.05) is 47.6 Å². The van der Waals surface area contributed by atoms with E-state index in [-0.39, 0.29) is 18.2 Å². The van der Waals surface area contributed by atoms with Crippen molar-refractivity contribution in [2.75, 3.05) is 37.7 Å². The number of nitro benzene ring substituents is 1. The van der Waals surface area contributed by atoms with E-state index in [0.29, 0.717) is 31.9 Å². The summed E-state index contributed by atoms with van der Waals surface area (Å²) in [5.41, 5.74) is 1.01. The molecule has 7 nitrogen and oxygen atoms in total. The molecule has 1 fully saturated rings. The van der Waals surface area contributed by atoms with Crippen LogP contribution in [0.25, 0.3) is 0 Å². The molecule has 2 aromatic carbocycles. The summed E-state index contributed by atoms with van der Waals surface area (Å²) < 4.78 is 6.67. The van der Waals surface area contributed by atoms with Gasteiger partial charge in [-0.25, -0.2) is 0 Å². The lowest BCUT2D eigenvalue weighted by Crippen LogP contribution is -2.50. The van der Waals surface area contributed by atoms with E-state index >= 15 is 0 Å². The van der Waals surface area contributed by atoms with Gasteiger partial charge in [-0.2, -0.15) is 0 Å². The summed E-state index contributed by atoms with van der Waals surface area (Å²) in [5.74, 6) is 0.648. The molecular formula is C18H18IN3O4. The first-order valence-electron chi connectivity index (χ1n) is 8.18. The second-order valence-corrected chi connectivity index (χ2v) is 7.13. The summed E-state index contributed by atoms with van der Waals surface area (Å²) in [5, 5.41) is 10.7. The molecular weight excluding hydrogens is 449 g/mol. The number of hydrogen-bond donors (Lipinski definition) is 0. The Morgan fingerprint density at radius 1 is 1.04 bits per heavy atom. The molecule has 0 aromatic heterocycles. The maximum absolute atomic E-state index is 12.3. The number of hydrogen-bond acceptors (Lipinski definition) is 5. The van der Waals surface area contributed by atoms with Gasteiger partial charge in [0.25, 0.3) is 11.6 Å². The van der Waals surface area contributed by atoms with Gasteiger partial charge in [-0.1, -0.05) is 0 Å². The molecule has 2 aromatic rings. The molecule has 1 amide bonds. The van der Waals surface area contributed by atoms with Crippen LogP contribution in [0.2, 0.25) is 0 Å². The van der Waals surface area contributed by atoms with Crippen LogP contribution in [0.1, 0.15) is 0 Å². The van der Waals surface area contributed by atoms with E-state index in [2.05, 4.69) is 27.5 Å². The summed E-state index contributed by atoms with van der Waals surface area (Å²) in [6.07, 6.45) is 0. The highest BCUT2D eigenvalue weighted by Gasteiger charge is 2.22. The fraction of sp³-hybridized carbons (Fsp3) is 0.278. The molecule has 0 N–H and O–H groups in total. The van der Waals surface area contributed by atoms with E-state index in [4.69, 9.17) is 4.74 Å². The lowest BCUT2D eigenvalue weighted by atomic mass is 10.2. The average molecular weight is 467 g/mol. The molecule has 0 atom stereocenters. The topological polar surface area (TPSA) is 75.9 Å². The highest BCUT2D eigenvalue weighted by molar-refractivity contribution is 14.1. The van der Waals surface area contributed by atoms with Gasteiger partial charge in [0.05, 0.1) is 4.92 Å². The third-order valence-corrected chi connectivity index (χ3v) is 4.95. The first-order valence-corrected chi connectivity index (χ1v) is 9.26.